The maximum absolute atomic E-state index is 14.1. The van der Waals surface area contributed by atoms with Gasteiger partial charge in [0, 0.05) is 29.1 Å². The number of sulfonamides is 1. The van der Waals surface area contributed by atoms with Crippen molar-refractivity contribution in [3.63, 3.8) is 0 Å². The summed E-state index contributed by atoms with van der Waals surface area (Å²) in [5, 5.41) is 2.31. The van der Waals surface area contributed by atoms with E-state index in [4.69, 9.17) is 11.6 Å². The van der Waals surface area contributed by atoms with Gasteiger partial charge in [-0.05, 0) is 69.7 Å². The number of rotatable bonds is 13. The number of hydrogen-bond donors (Lipinski definition) is 0. The molecule has 0 atom stereocenters. The first-order valence-electron chi connectivity index (χ1n) is 14.3. The molecule has 0 fully saturated rings. The minimum Gasteiger partial charge on any atom is -1.00 e. The van der Waals surface area contributed by atoms with Gasteiger partial charge in [0.05, 0.1) is 24.5 Å². The first-order valence-corrected chi connectivity index (χ1v) is 16.1. The molecule has 4 aromatic rings. The number of nitrogens with zero attached hydrogens (tertiary/aromatic N) is 2. The summed E-state index contributed by atoms with van der Waals surface area (Å²) < 4.78 is 30.8. The van der Waals surface area contributed by atoms with Crippen LogP contribution in [0.5, 0.6) is 0 Å². The molecule has 0 spiro atoms. The lowest BCUT2D eigenvalue weighted by molar-refractivity contribution is -0.938. The summed E-state index contributed by atoms with van der Waals surface area (Å²) in [6.07, 6.45) is 1.76. The molecule has 41 heavy (non-hydrogen) atoms. The van der Waals surface area contributed by atoms with Gasteiger partial charge >= 0.3 is 0 Å². The Morgan fingerprint density at radius 2 is 1.46 bits per heavy atom. The summed E-state index contributed by atoms with van der Waals surface area (Å²) in [5.41, 5.74) is 4.64. The third-order valence-corrected chi connectivity index (χ3v) is 10.2. The van der Waals surface area contributed by atoms with Crippen molar-refractivity contribution in [1.82, 2.24) is 4.31 Å². The number of halogens is 2. The van der Waals surface area contributed by atoms with E-state index in [-0.39, 0.29) is 17.0 Å². The highest BCUT2D eigenvalue weighted by atomic mass is 79.9. The number of unbranched alkanes of at least 4 members (excludes halogenated alkanes) is 1. The first kappa shape index (κ1) is 33.3. The lowest BCUT2D eigenvalue weighted by atomic mass is 10.1. The molecule has 0 aliphatic carbocycles. The van der Waals surface area contributed by atoms with Gasteiger partial charge in [-0.2, -0.15) is 4.31 Å². The van der Waals surface area contributed by atoms with Gasteiger partial charge in [0.15, 0.2) is 0 Å². The quantitative estimate of drug-likeness (QED) is 0.148. The average Bonchev–Trinajstić information content (AvgIpc) is 2.94. The van der Waals surface area contributed by atoms with Crippen molar-refractivity contribution < 1.29 is 29.9 Å². The Kier molecular flexibility index (Phi) is 12.0. The topological polar surface area (TPSA) is 37.4 Å². The number of aryl methyl sites for hydroxylation is 2. The van der Waals surface area contributed by atoms with E-state index in [1.54, 1.807) is 16.4 Å². The molecule has 0 unspecified atom stereocenters. The van der Waals surface area contributed by atoms with Crippen LogP contribution in [0.4, 0.5) is 0 Å². The zero-order chi connectivity index (χ0) is 28.8. The molecule has 0 saturated heterocycles. The summed E-state index contributed by atoms with van der Waals surface area (Å²) in [4.78, 5) is 0.308. The molecule has 0 heterocycles. The average molecular weight is 658 g/mol. The molecule has 0 aromatic heterocycles. The zero-order valence-electron chi connectivity index (χ0n) is 24.6. The largest absolute Gasteiger partial charge is 1.00 e. The Hall–Kier alpha value is -2.22. The van der Waals surface area contributed by atoms with E-state index >= 15 is 0 Å². The highest BCUT2D eigenvalue weighted by Crippen LogP contribution is 2.28. The van der Waals surface area contributed by atoms with Crippen LogP contribution in [-0.2, 0) is 23.1 Å². The van der Waals surface area contributed by atoms with Crippen LogP contribution < -0.4 is 17.0 Å². The van der Waals surface area contributed by atoms with Crippen molar-refractivity contribution >= 4 is 32.4 Å². The Labute approximate surface area is 262 Å². The van der Waals surface area contributed by atoms with Crippen LogP contribution in [0.15, 0.2) is 89.8 Å². The van der Waals surface area contributed by atoms with Gasteiger partial charge in [-0.1, -0.05) is 89.5 Å². The van der Waals surface area contributed by atoms with E-state index < -0.39 is 10.0 Å². The summed E-state index contributed by atoms with van der Waals surface area (Å²) >= 11 is 6.36. The molecule has 0 N–H and O–H groups in total. The fourth-order valence-electron chi connectivity index (χ4n) is 5.73. The highest BCUT2D eigenvalue weighted by molar-refractivity contribution is 7.89. The second-order valence-corrected chi connectivity index (χ2v) is 13.4. The third kappa shape index (κ3) is 8.42. The van der Waals surface area contributed by atoms with Crippen molar-refractivity contribution in [3.05, 3.63) is 112 Å². The normalized spacial score (nSPS) is 12.0. The Morgan fingerprint density at radius 3 is 2.12 bits per heavy atom. The lowest BCUT2D eigenvalue weighted by Gasteiger charge is -2.37. The molecule has 4 rings (SSSR count). The van der Waals surface area contributed by atoms with Crippen molar-refractivity contribution in [2.24, 2.45) is 0 Å². The van der Waals surface area contributed by atoms with E-state index in [0.717, 1.165) is 71.0 Å². The first-order chi connectivity index (χ1) is 19.2. The van der Waals surface area contributed by atoms with Gasteiger partial charge in [-0.3, -0.25) is 0 Å². The van der Waals surface area contributed by atoms with Gasteiger partial charge in [-0.15, -0.1) is 0 Å². The van der Waals surface area contributed by atoms with Gasteiger partial charge in [0.25, 0.3) is 0 Å². The van der Waals surface area contributed by atoms with Crippen LogP contribution in [0.3, 0.4) is 0 Å². The summed E-state index contributed by atoms with van der Waals surface area (Å²) in [7, 11) is -3.72. The molecule has 0 radical (unpaired) electrons. The molecule has 4 aromatic carbocycles. The smallest absolute Gasteiger partial charge is 0.243 e. The molecular weight excluding hydrogens is 616 g/mol. The van der Waals surface area contributed by atoms with E-state index in [0.29, 0.717) is 23.0 Å². The van der Waals surface area contributed by atoms with Crippen molar-refractivity contribution in [3.8, 4) is 0 Å². The maximum atomic E-state index is 14.1. The predicted octanol–water partition coefficient (Wildman–Crippen LogP) is 5.14. The number of quaternary nitrogens is 1. The van der Waals surface area contributed by atoms with E-state index in [9.17, 15) is 8.42 Å². The molecule has 0 bridgehead atoms. The second-order valence-electron chi connectivity index (χ2n) is 11.0. The predicted molar refractivity (Wildman–Crippen MR) is 168 cm³/mol. The number of benzene rings is 4. The van der Waals surface area contributed by atoms with Gasteiger partial charge < -0.3 is 21.5 Å². The number of hydrogen-bond acceptors (Lipinski definition) is 2. The SMILES string of the molecule is CC[N+](CC)(CCCCN(Cc1cc(C)cc(C)c1)S(=O)(=O)c1ccc2c(Cl)cccc2c1)Cc1ccccc1.[Br-]. The molecule has 0 aliphatic heterocycles. The van der Waals surface area contributed by atoms with Crippen LogP contribution >= 0.6 is 11.6 Å². The minimum absolute atomic E-state index is 0. The third-order valence-electron chi connectivity index (χ3n) is 8.07. The molecular formula is C34H42BrClN2O2S. The van der Waals surface area contributed by atoms with Crippen LogP contribution in [0, 0.1) is 13.8 Å². The second kappa shape index (κ2) is 14.8. The van der Waals surface area contributed by atoms with Crippen LogP contribution in [0.1, 0.15) is 48.9 Å². The fourth-order valence-corrected chi connectivity index (χ4v) is 7.48. The molecule has 220 valence electrons. The summed E-state index contributed by atoms with van der Waals surface area (Å²) in [6.45, 7) is 13.6. The van der Waals surface area contributed by atoms with E-state index in [2.05, 4.69) is 76.2 Å². The standard InChI is InChI=1S/C34H42ClN2O2S.BrH/c1-5-37(6-2,26-29-13-8-7-9-14-29)20-11-10-19-36(25-30-22-27(3)21-28(4)23-30)40(38,39)32-17-18-33-31(24-32)15-12-16-34(33)35;/h7-9,12-18,21-24H,5-6,10-11,19-20,25-26H2,1-4H3;1H/q+1;/p-1. The summed E-state index contributed by atoms with van der Waals surface area (Å²) in [5.74, 6) is 0. The van der Waals surface area contributed by atoms with Crippen molar-refractivity contribution in [1.29, 1.82) is 0 Å². The maximum Gasteiger partial charge on any atom is 0.243 e. The van der Waals surface area contributed by atoms with E-state index in [1.165, 1.54) is 5.56 Å². The Balaban J connectivity index is 0.00000462. The number of fused-ring (bicyclic) bond motifs is 1. The molecule has 7 heteroatoms. The van der Waals surface area contributed by atoms with Gasteiger partial charge in [0.1, 0.15) is 6.54 Å². The molecule has 0 amide bonds. The Morgan fingerprint density at radius 1 is 0.780 bits per heavy atom. The fraction of sp³-hybridized carbons (Fsp3) is 0.353. The van der Waals surface area contributed by atoms with Crippen molar-refractivity contribution in [2.75, 3.05) is 26.2 Å². The van der Waals surface area contributed by atoms with Crippen molar-refractivity contribution in [2.45, 2.75) is 58.5 Å². The monoisotopic (exact) mass is 656 g/mol. The van der Waals surface area contributed by atoms with Gasteiger partial charge in [-0.25, -0.2) is 8.42 Å². The zero-order valence-corrected chi connectivity index (χ0v) is 27.8. The van der Waals surface area contributed by atoms with E-state index in [1.807, 2.05) is 24.3 Å². The molecule has 4 nitrogen and oxygen atoms in total. The van der Waals surface area contributed by atoms with Gasteiger partial charge in [0.2, 0.25) is 10.0 Å². The molecule has 0 aliphatic rings. The highest BCUT2D eigenvalue weighted by Gasteiger charge is 2.27. The summed E-state index contributed by atoms with van der Waals surface area (Å²) in [6, 6.07) is 27.8. The van der Waals surface area contributed by atoms with Crippen LogP contribution in [0.25, 0.3) is 10.8 Å². The van der Waals surface area contributed by atoms with Crippen LogP contribution in [-0.4, -0.2) is 43.4 Å². The Bertz CT molecular complexity index is 1520. The minimum atomic E-state index is -3.72. The van der Waals surface area contributed by atoms with Crippen LogP contribution in [0.2, 0.25) is 5.02 Å². The lowest BCUT2D eigenvalue weighted by Crippen LogP contribution is -3.00. The molecule has 0 saturated carbocycles.